The normalized spacial score (nSPS) is 11.0. The van der Waals surface area contributed by atoms with E-state index in [9.17, 15) is 20.1 Å². The Kier molecular flexibility index (Phi) is 11.6. The summed E-state index contributed by atoms with van der Waals surface area (Å²) in [6.07, 6.45) is 16.9. The van der Waals surface area contributed by atoms with Gasteiger partial charge in [-0.05, 0) is 31.4 Å². The van der Waals surface area contributed by atoms with Crippen molar-refractivity contribution in [2.75, 3.05) is 0 Å². The molecule has 0 atom stereocenters. The molecule has 0 radical (unpaired) electrons. The zero-order valence-electron chi connectivity index (χ0n) is 17.2. The van der Waals surface area contributed by atoms with Crippen LogP contribution in [0.5, 0.6) is 11.5 Å². The van der Waals surface area contributed by atoms with Crippen molar-refractivity contribution >= 4 is 5.97 Å². The van der Waals surface area contributed by atoms with Gasteiger partial charge in [-0.15, -0.1) is 0 Å². The molecule has 0 saturated heterocycles. The molecule has 0 unspecified atom stereocenters. The van der Waals surface area contributed by atoms with Gasteiger partial charge in [-0.3, -0.25) is 0 Å². The van der Waals surface area contributed by atoms with E-state index < -0.39 is 5.97 Å². The van der Waals surface area contributed by atoms with Crippen molar-refractivity contribution in [3.63, 3.8) is 0 Å². The molecule has 154 valence electrons. The number of aryl methyl sites for hydroxylation is 1. The smallest absolute Gasteiger partial charge is 0.339 e. The highest BCUT2D eigenvalue weighted by Gasteiger charge is 2.19. The van der Waals surface area contributed by atoms with Crippen LogP contribution in [0, 0.1) is 6.92 Å². The highest BCUT2D eigenvalue weighted by atomic mass is 16.4. The Labute approximate surface area is 164 Å². The lowest BCUT2D eigenvalue weighted by molar-refractivity contribution is 0.0692. The minimum Gasteiger partial charge on any atom is -0.508 e. The van der Waals surface area contributed by atoms with Crippen molar-refractivity contribution in [3.05, 3.63) is 22.8 Å². The number of benzene rings is 1. The Bertz CT molecular complexity index is 566. The molecule has 0 amide bonds. The second-order valence-electron chi connectivity index (χ2n) is 7.71. The lowest BCUT2D eigenvalue weighted by atomic mass is 9.97. The van der Waals surface area contributed by atoms with E-state index in [2.05, 4.69) is 6.92 Å². The molecule has 1 aromatic rings. The molecular weight excluding hydrogens is 340 g/mol. The maximum absolute atomic E-state index is 11.3. The quantitative estimate of drug-likeness (QED) is 0.295. The highest BCUT2D eigenvalue weighted by Crippen LogP contribution is 2.34. The number of carboxylic acids is 1. The molecule has 27 heavy (non-hydrogen) atoms. The second kappa shape index (κ2) is 13.5. The first-order valence-corrected chi connectivity index (χ1v) is 10.8. The topological polar surface area (TPSA) is 77.8 Å². The summed E-state index contributed by atoms with van der Waals surface area (Å²) >= 11 is 0. The van der Waals surface area contributed by atoms with Crippen molar-refractivity contribution in [1.82, 2.24) is 0 Å². The summed E-state index contributed by atoms with van der Waals surface area (Å²) < 4.78 is 0. The molecule has 3 N–H and O–H groups in total. The summed E-state index contributed by atoms with van der Waals surface area (Å²) in [5.41, 5.74) is 0.644. The first-order valence-electron chi connectivity index (χ1n) is 10.8. The van der Waals surface area contributed by atoms with Crippen LogP contribution in [0.1, 0.15) is 112 Å². The summed E-state index contributed by atoms with van der Waals surface area (Å²) in [4.78, 5) is 11.3. The highest BCUT2D eigenvalue weighted by molar-refractivity contribution is 5.93. The fourth-order valence-corrected chi connectivity index (χ4v) is 3.66. The minimum absolute atomic E-state index is 0.00561. The SMILES string of the molecule is CCCCCCCCCCCCCCCc1c(O)cc(C)c(C(=O)O)c1O. The lowest BCUT2D eigenvalue weighted by Crippen LogP contribution is -2.03. The number of aromatic carboxylic acids is 1. The van der Waals surface area contributed by atoms with Crippen molar-refractivity contribution in [2.24, 2.45) is 0 Å². The predicted octanol–water partition coefficient (Wildman–Crippen LogP) is 6.74. The van der Waals surface area contributed by atoms with E-state index in [4.69, 9.17) is 0 Å². The Morgan fingerprint density at radius 1 is 0.815 bits per heavy atom. The predicted molar refractivity (Wildman–Crippen MR) is 111 cm³/mol. The molecule has 0 bridgehead atoms. The number of carbonyl (C=O) groups is 1. The van der Waals surface area contributed by atoms with E-state index >= 15 is 0 Å². The summed E-state index contributed by atoms with van der Waals surface area (Å²) in [7, 11) is 0. The molecule has 4 heteroatoms. The molecule has 1 aromatic carbocycles. The van der Waals surface area contributed by atoms with Crippen LogP contribution in [0.4, 0.5) is 0 Å². The Hall–Kier alpha value is -1.71. The van der Waals surface area contributed by atoms with Gasteiger partial charge in [0.25, 0.3) is 0 Å². The Balaban J connectivity index is 2.15. The number of aromatic hydroxyl groups is 2. The molecule has 0 saturated carbocycles. The van der Waals surface area contributed by atoms with Gasteiger partial charge < -0.3 is 15.3 Å². The lowest BCUT2D eigenvalue weighted by Gasteiger charge is -2.12. The van der Waals surface area contributed by atoms with Crippen LogP contribution in [0.3, 0.4) is 0 Å². The first-order chi connectivity index (χ1) is 13.0. The van der Waals surface area contributed by atoms with Crippen LogP contribution in [-0.4, -0.2) is 21.3 Å². The molecule has 0 aliphatic carbocycles. The largest absolute Gasteiger partial charge is 0.508 e. The molecule has 4 nitrogen and oxygen atoms in total. The number of unbranched alkanes of at least 4 members (excludes halogenated alkanes) is 12. The number of rotatable bonds is 15. The van der Waals surface area contributed by atoms with E-state index in [0.29, 0.717) is 17.5 Å². The van der Waals surface area contributed by atoms with Crippen LogP contribution in [0.25, 0.3) is 0 Å². The fraction of sp³-hybridized carbons (Fsp3) is 0.696. The van der Waals surface area contributed by atoms with E-state index in [1.54, 1.807) is 6.92 Å². The average Bonchev–Trinajstić information content (AvgIpc) is 2.60. The number of hydrogen-bond acceptors (Lipinski definition) is 3. The summed E-state index contributed by atoms with van der Waals surface area (Å²) in [5.74, 6) is -1.44. The summed E-state index contributed by atoms with van der Waals surface area (Å²) in [5, 5.41) is 29.4. The average molecular weight is 379 g/mol. The van der Waals surface area contributed by atoms with Gasteiger partial charge in [-0.25, -0.2) is 4.79 Å². The molecule has 0 aliphatic heterocycles. The van der Waals surface area contributed by atoms with Gasteiger partial charge in [-0.1, -0.05) is 84.0 Å². The van der Waals surface area contributed by atoms with Gasteiger partial charge in [0.1, 0.15) is 17.1 Å². The number of hydrogen-bond donors (Lipinski definition) is 3. The molecule has 0 fully saturated rings. The third-order valence-corrected chi connectivity index (χ3v) is 5.32. The minimum atomic E-state index is -1.16. The van der Waals surface area contributed by atoms with Crippen LogP contribution >= 0.6 is 0 Å². The van der Waals surface area contributed by atoms with Crippen LogP contribution in [0.15, 0.2) is 6.07 Å². The third kappa shape index (κ3) is 8.68. The summed E-state index contributed by atoms with van der Waals surface area (Å²) in [6, 6.07) is 1.43. The summed E-state index contributed by atoms with van der Waals surface area (Å²) in [6.45, 7) is 3.83. The number of phenols is 2. The van der Waals surface area contributed by atoms with Gasteiger partial charge in [0.05, 0.1) is 0 Å². The van der Waals surface area contributed by atoms with E-state index in [0.717, 1.165) is 19.3 Å². The van der Waals surface area contributed by atoms with E-state index in [1.807, 2.05) is 0 Å². The van der Waals surface area contributed by atoms with Gasteiger partial charge in [0, 0.05) is 5.56 Å². The van der Waals surface area contributed by atoms with Crippen LogP contribution < -0.4 is 0 Å². The number of phenolic OH excluding ortho intramolecular Hbond substituents is 1. The molecule has 0 spiro atoms. The maximum Gasteiger partial charge on any atom is 0.339 e. The molecule has 0 aromatic heterocycles. The molecule has 0 heterocycles. The Morgan fingerprint density at radius 3 is 1.70 bits per heavy atom. The molecule has 1 rings (SSSR count). The standard InChI is InChI=1S/C23H38O4/c1-3-4-5-6-7-8-9-10-11-12-13-14-15-16-19-20(24)17-18(2)21(22(19)25)23(26)27/h17,24-25H,3-16H2,1-2H3,(H,26,27). The van der Waals surface area contributed by atoms with Crippen LogP contribution in [0.2, 0.25) is 0 Å². The Morgan fingerprint density at radius 2 is 1.26 bits per heavy atom. The number of carboxylic acid groups (broad SMARTS) is 1. The van der Waals surface area contributed by atoms with Crippen molar-refractivity contribution in [1.29, 1.82) is 0 Å². The van der Waals surface area contributed by atoms with Gasteiger partial charge in [0.15, 0.2) is 0 Å². The fourth-order valence-electron chi connectivity index (χ4n) is 3.66. The van der Waals surface area contributed by atoms with Crippen molar-refractivity contribution in [3.8, 4) is 11.5 Å². The second-order valence-corrected chi connectivity index (χ2v) is 7.71. The van der Waals surface area contributed by atoms with Gasteiger partial charge >= 0.3 is 5.97 Å². The molecular formula is C23H38O4. The van der Waals surface area contributed by atoms with E-state index in [1.165, 1.54) is 70.3 Å². The van der Waals surface area contributed by atoms with Crippen molar-refractivity contribution < 1.29 is 20.1 Å². The first kappa shape index (κ1) is 23.3. The molecule has 0 aliphatic rings. The third-order valence-electron chi connectivity index (χ3n) is 5.32. The van der Waals surface area contributed by atoms with Gasteiger partial charge in [0.2, 0.25) is 0 Å². The zero-order chi connectivity index (χ0) is 20.1. The zero-order valence-corrected chi connectivity index (χ0v) is 17.2. The maximum atomic E-state index is 11.3. The van der Waals surface area contributed by atoms with Gasteiger partial charge in [-0.2, -0.15) is 0 Å². The van der Waals surface area contributed by atoms with Crippen LogP contribution in [-0.2, 0) is 6.42 Å². The van der Waals surface area contributed by atoms with Crippen molar-refractivity contribution in [2.45, 2.75) is 104 Å². The monoisotopic (exact) mass is 378 g/mol. The van der Waals surface area contributed by atoms with E-state index in [-0.39, 0.29) is 17.1 Å².